The Kier molecular flexibility index (Phi) is 4.45. The van der Waals surface area contributed by atoms with Crippen LogP contribution in [0.15, 0.2) is 52.7 Å². The molecule has 2 aromatic carbocycles. The molecule has 0 fully saturated rings. The highest BCUT2D eigenvalue weighted by Crippen LogP contribution is 2.47. The third kappa shape index (κ3) is 2.76. The fourth-order valence-corrected chi connectivity index (χ4v) is 3.47. The SMILES string of the molecule is COc1cc2c(cc1OC)-c1c(C#N)c(N=Nc3ccccc3)c(O)n1CC2. The zero-order valence-corrected chi connectivity index (χ0v) is 15.5. The van der Waals surface area contributed by atoms with Crippen molar-refractivity contribution in [3.63, 3.8) is 0 Å². The van der Waals surface area contributed by atoms with Gasteiger partial charge in [-0.2, -0.15) is 10.4 Å². The van der Waals surface area contributed by atoms with Crippen LogP contribution in [-0.4, -0.2) is 23.9 Å². The molecule has 0 aliphatic carbocycles. The van der Waals surface area contributed by atoms with E-state index in [1.54, 1.807) is 30.9 Å². The van der Waals surface area contributed by atoms with E-state index in [2.05, 4.69) is 16.3 Å². The predicted molar refractivity (Wildman–Crippen MR) is 104 cm³/mol. The monoisotopic (exact) mass is 374 g/mol. The van der Waals surface area contributed by atoms with Crippen molar-refractivity contribution in [3.05, 3.63) is 53.6 Å². The highest BCUT2D eigenvalue weighted by atomic mass is 16.5. The lowest BCUT2D eigenvalue weighted by atomic mass is 9.95. The molecule has 0 bridgehead atoms. The Morgan fingerprint density at radius 2 is 1.79 bits per heavy atom. The van der Waals surface area contributed by atoms with Gasteiger partial charge in [-0.15, -0.1) is 5.11 Å². The van der Waals surface area contributed by atoms with E-state index in [9.17, 15) is 10.4 Å². The number of nitrogens with zero attached hydrogens (tertiary/aromatic N) is 4. The quantitative estimate of drug-likeness (QED) is 0.669. The van der Waals surface area contributed by atoms with Gasteiger partial charge >= 0.3 is 0 Å². The number of nitriles is 1. The molecule has 0 radical (unpaired) electrons. The van der Waals surface area contributed by atoms with Crippen LogP contribution in [0.1, 0.15) is 11.1 Å². The molecular weight excluding hydrogens is 356 g/mol. The molecule has 7 heteroatoms. The summed E-state index contributed by atoms with van der Waals surface area (Å²) in [5.74, 6) is 1.13. The number of methoxy groups -OCH3 is 2. The van der Waals surface area contributed by atoms with Crippen LogP contribution >= 0.6 is 0 Å². The van der Waals surface area contributed by atoms with Crippen LogP contribution < -0.4 is 9.47 Å². The molecule has 7 nitrogen and oxygen atoms in total. The van der Waals surface area contributed by atoms with E-state index in [1.807, 2.05) is 30.3 Å². The number of aromatic hydroxyl groups is 1. The van der Waals surface area contributed by atoms with Crippen molar-refractivity contribution in [2.24, 2.45) is 10.2 Å². The van der Waals surface area contributed by atoms with Gasteiger partial charge in [0.2, 0.25) is 5.88 Å². The predicted octanol–water partition coefficient (Wildman–Crippen LogP) is 4.72. The van der Waals surface area contributed by atoms with E-state index in [0.717, 1.165) is 11.1 Å². The summed E-state index contributed by atoms with van der Waals surface area (Å²) in [6, 6.07) is 15.1. The molecule has 0 amide bonds. The third-order valence-electron chi connectivity index (χ3n) is 4.81. The summed E-state index contributed by atoms with van der Waals surface area (Å²) in [5.41, 5.74) is 3.54. The Morgan fingerprint density at radius 1 is 1.07 bits per heavy atom. The smallest absolute Gasteiger partial charge is 0.221 e. The third-order valence-corrected chi connectivity index (χ3v) is 4.81. The average molecular weight is 374 g/mol. The van der Waals surface area contributed by atoms with Gasteiger partial charge in [-0.25, -0.2) is 0 Å². The molecule has 0 unspecified atom stereocenters. The second-order valence-corrected chi connectivity index (χ2v) is 6.31. The number of hydrogen-bond acceptors (Lipinski definition) is 6. The van der Waals surface area contributed by atoms with E-state index < -0.39 is 0 Å². The van der Waals surface area contributed by atoms with Crippen LogP contribution in [0.4, 0.5) is 11.4 Å². The van der Waals surface area contributed by atoms with Gasteiger partial charge in [0.05, 0.1) is 25.6 Å². The highest BCUT2D eigenvalue weighted by molar-refractivity contribution is 5.83. The fourth-order valence-electron chi connectivity index (χ4n) is 3.47. The first kappa shape index (κ1) is 17.6. The Labute approximate surface area is 162 Å². The van der Waals surface area contributed by atoms with Gasteiger partial charge in [0.15, 0.2) is 17.2 Å². The first-order valence-electron chi connectivity index (χ1n) is 8.75. The molecule has 1 aliphatic rings. The molecule has 1 aliphatic heterocycles. The summed E-state index contributed by atoms with van der Waals surface area (Å²) in [4.78, 5) is 0. The number of hydrogen-bond donors (Lipinski definition) is 1. The zero-order valence-electron chi connectivity index (χ0n) is 15.5. The maximum atomic E-state index is 10.7. The minimum absolute atomic E-state index is 0.0633. The molecule has 3 aromatic rings. The number of ether oxygens (including phenoxy) is 2. The van der Waals surface area contributed by atoms with Crippen LogP contribution in [-0.2, 0) is 13.0 Å². The second-order valence-electron chi connectivity index (χ2n) is 6.31. The summed E-state index contributed by atoms with van der Waals surface area (Å²) in [5, 5.41) is 28.9. The van der Waals surface area contributed by atoms with Gasteiger partial charge in [-0.3, -0.25) is 0 Å². The van der Waals surface area contributed by atoms with Gasteiger partial charge in [0.1, 0.15) is 11.6 Å². The van der Waals surface area contributed by atoms with E-state index in [1.165, 1.54) is 0 Å². The molecule has 2 heterocycles. The molecule has 4 rings (SSSR count). The largest absolute Gasteiger partial charge is 0.493 e. The minimum Gasteiger partial charge on any atom is -0.493 e. The Bertz CT molecular complexity index is 1110. The summed E-state index contributed by atoms with van der Waals surface area (Å²) in [7, 11) is 3.15. The molecule has 1 N–H and O–H groups in total. The summed E-state index contributed by atoms with van der Waals surface area (Å²) < 4.78 is 12.5. The lowest BCUT2D eigenvalue weighted by Crippen LogP contribution is -2.11. The summed E-state index contributed by atoms with van der Waals surface area (Å²) in [6.45, 7) is 0.527. The first-order chi connectivity index (χ1) is 13.7. The maximum absolute atomic E-state index is 10.7. The van der Waals surface area contributed by atoms with E-state index in [0.29, 0.717) is 35.8 Å². The molecule has 140 valence electrons. The van der Waals surface area contributed by atoms with Gasteiger partial charge in [-0.1, -0.05) is 18.2 Å². The average Bonchev–Trinajstić information content (AvgIpc) is 3.03. The van der Waals surface area contributed by atoms with E-state index >= 15 is 0 Å². The van der Waals surface area contributed by atoms with Crippen LogP contribution in [0.3, 0.4) is 0 Å². The van der Waals surface area contributed by atoms with Crippen molar-refractivity contribution < 1.29 is 14.6 Å². The van der Waals surface area contributed by atoms with Crippen LogP contribution in [0.2, 0.25) is 0 Å². The minimum atomic E-state index is -0.0633. The Balaban J connectivity index is 1.89. The van der Waals surface area contributed by atoms with Crippen LogP contribution in [0, 0.1) is 11.3 Å². The number of fused-ring (bicyclic) bond motifs is 3. The lowest BCUT2D eigenvalue weighted by molar-refractivity contribution is 0.354. The standard InChI is InChI=1S/C21H18N4O3/c1-27-17-10-13-8-9-25-20(15(13)11-18(17)28-2)16(12-22)19(21(25)26)24-23-14-6-4-3-5-7-14/h3-7,10-11,26H,8-9H2,1-2H3. The van der Waals surface area contributed by atoms with Gasteiger partial charge in [-0.05, 0) is 36.2 Å². The Hall–Kier alpha value is -3.79. The number of benzene rings is 2. The fraction of sp³-hybridized carbons (Fsp3) is 0.190. The summed E-state index contributed by atoms with van der Waals surface area (Å²) in [6.07, 6.45) is 0.686. The van der Waals surface area contributed by atoms with E-state index in [-0.39, 0.29) is 17.1 Å². The molecule has 0 saturated carbocycles. The molecule has 0 spiro atoms. The highest BCUT2D eigenvalue weighted by Gasteiger charge is 2.29. The number of aromatic nitrogens is 1. The zero-order chi connectivity index (χ0) is 19.7. The lowest BCUT2D eigenvalue weighted by Gasteiger charge is -2.22. The maximum Gasteiger partial charge on any atom is 0.221 e. The molecule has 28 heavy (non-hydrogen) atoms. The van der Waals surface area contributed by atoms with Crippen molar-refractivity contribution in [2.45, 2.75) is 13.0 Å². The molecule has 0 saturated heterocycles. The summed E-state index contributed by atoms with van der Waals surface area (Å²) >= 11 is 0. The van der Waals surface area contributed by atoms with Crippen LogP contribution in [0.25, 0.3) is 11.3 Å². The normalized spacial score (nSPS) is 12.3. The van der Waals surface area contributed by atoms with Crippen molar-refractivity contribution >= 4 is 11.4 Å². The first-order valence-corrected chi connectivity index (χ1v) is 8.75. The number of azo groups is 1. The van der Waals surface area contributed by atoms with Gasteiger partial charge in [0.25, 0.3) is 0 Å². The van der Waals surface area contributed by atoms with Gasteiger partial charge in [0, 0.05) is 12.1 Å². The topological polar surface area (TPSA) is 92.1 Å². The molecular formula is C21H18N4O3. The molecule has 1 aromatic heterocycles. The van der Waals surface area contributed by atoms with Crippen molar-refractivity contribution in [2.75, 3.05) is 14.2 Å². The van der Waals surface area contributed by atoms with Crippen LogP contribution in [0.5, 0.6) is 17.4 Å². The number of rotatable bonds is 4. The number of aryl methyl sites for hydroxylation is 1. The van der Waals surface area contributed by atoms with Gasteiger partial charge < -0.3 is 19.1 Å². The van der Waals surface area contributed by atoms with E-state index in [4.69, 9.17) is 9.47 Å². The van der Waals surface area contributed by atoms with Crippen molar-refractivity contribution in [1.29, 1.82) is 5.26 Å². The van der Waals surface area contributed by atoms with Crippen molar-refractivity contribution in [1.82, 2.24) is 4.57 Å². The second kappa shape index (κ2) is 7.08. The Morgan fingerprint density at radius 3 is 2.46 bits per heavy atom. The van der Waals surface area contributed by atoms with Crippen molar-refractivity contribution in [3.8, 4) is 34.7 Å². The molecule has 0 atom stereocenters.